The molecular weight excluding hydrogens is 346 g/mol. The normalized spacial score (nSPS) is 16.4. The quantitative estimate of drug-likeness (QED) is 0.517. The van der Waals surface area contributed by atoms with Crippen molar-refractivity contribution in [3.63, 3.8) is 0 Å². The summed E-state index contributed by atoms with van der Waals surface area (Å²) < 4.78 is 7.15. The summed E-state index contributed by atoms with van der Waals surface area (Å²) in [6.07, 6.45) is 3.67. The lowest BCUT2D eigenvalue weighted by Crippen LogP contribution is -2.20. The lowest BCUT2D eigenvalue weighted by atomic mass is 10.1. The number of hydrogen-bond acceptors (Lipinski definition) is 5. The SMILES string of the molecule is O=c1c2cc([N+](=O)[O-])ccc2nc2n1CCC2=Cc1ccc2c(c1)CCO2. The van der Waals surface area contributed by atoms with Gasteiger partial charge in [0, 0.05) is 25.1 Å². The van der Waals surface area contributed by atoms with Crippen LogP contribution in [0, 0.1) is 10.1 Å². The van der Waals surface area contributed by atoms with Crippen LogP contribution < -0.4 is 10.3 Å². The molecule has 0 saturated carbocycles. The van der Waals surface area contributed by atoms with Gasteiger partial charge in [-0.05, 0) is 47.4 Å². The molecule has 0 atom stereocenters. The molecule has 0 amide bonds. The molecule has 0 unspecified atom stereocenters. The Balaban J connectivity index is 1.62. The zero-order valence-electron chi connectivity index (χ0n) is 14.3. The van der Waals surface area contributed by atoms with Crippen molar-refractivity contribution in [3.8, 4) is 5.75 Å². The Morgan fingerprint density at radius 3 is 2.93 bits per heavy atom. The Morgan fingerprint density at radius 2 is 2.07 bits per heavy atom. The molecule has 0 bridgehead atoms. The third-order valence-corrected chi connectivity index (χ3v) is 5.09. The first-order valence-electron chi connectivity index (χ1n) is 8.76. The Morgan fingerprint density at radius 1 is 1.19 bits per heavy atom. The monoisotopic (exact) mass is 361 g/mol. The minimum absolute atomic E-state index is 0.101. The minimum Gasteiger partial charge on any atom is -0.493 e. The van der Waals surface area contributed by atoms with E-state index in [4.69, 9.17) is 4.74 Å². The van der Waals surface area contributed by atoms with Crippen LogP contribution in [0.5, 0.6) is 5.75 Å². The third-order valence-electron chi connectivity index (χ3n) is 5.09. The number of allylic oxidation sites excluding steroid dienone is 1. The molecule has 5 rings (SSSR count). The summed E-state index contributed by atoms with van der Waals surface area (Å²) in [6.45, 7) is 1.24. The van der Waals surface area contributed by atoms with Crippen LogP contribution in [-0.2, 0) is 13.0 Å². The van der Waals surface area contributed by atoms with Crippen molar-refractivity contribution in [1.82, 2.24) is 9.55 Å². The molecule has 0 fully saturated rings. The second-order valence-corrected chi connectivity index (χ2v) is 6.74. The van der Waals surface area contributed by atoms with Crippen LogP contribution in [-0.4, -0.2) is 21.1 Å². The number of hydrogen-bond donors (Lipinski definition) is 0. The zero-order chi connectivity index (χ0) is 18.5. The molecule has 134 valence electrons. The molecule has 2 aliphatic heterocycles. The Bertz CT molecular complexity index is 1210. The number of nitrogens with zero attached hydrogens (tertiary/aromatic N) is 3. The topological polar surface area (TPSA) is 87.3 Å². The summed E-state index contributed by atoms with van der Waals surface area (Å²) in [4.78, 5) is 27.9. The third kappa shape index (κ3) is 2.51. The van der Waals surface area contributed by atoms with Gasteiger partial charge < -0.3 is 4.74 Å². The van der Waals surface area contributed by atoms with Crippen LogP contribution in [0.1, 0.15) is 23.4 Å². The summed E-state index contributed by atoms with van der Waals surface area (Å²) in [5, 5.41) is 11.3. The lowest BCUT2D eigenvalue weighted by Gasteiger charge is -2.06. The van der Waals surface area contributed by atoms with E-state index in [9.17, 15) is 14.9 Å². The molecule has 3 aromatic rings. The first kappa shape index (κ1) is 15.7. The molecule has 0 spiro atoms. The highest BCUT2D eigenvalue weighted by atomic mass is 16.6. The van der Waals surface area contributed by atoms with Crippen molar-refractivity contribution < 1.29 is 9.66 Å². The van der Waals surface area contributed by atoms with E-state index in [0.717, 1.165) is 23.3 Å². The fourth-order valence-corrected chi connectivity index (χ4v) is 3.75. The average Bonchev–Trinajstić information content (AvgIpc) is 3.28. The first-order valence-corrected chi connectivity index (χ1v) is 8.76. The van der Waals surface area contributed by atoms with Gasteiger partial charge in [-0.1, -0.05) is 6.07 Å². The predicted octanol–water partition coefficient (Wildman–Crippen LogP) is 3.18. The smallest absolute Gasteiger partial charge is 0.270 e. The second-order valence-electron chi connectivity index (χ2n) is 6.74. The van der Waals surface area contributed by atoms with Crippen LogP contribution >= 0.6 is 0 Å². The number of aromatic nitrogens is 2. The maximum atomic E-state index is 12.8. The Kier molecular flexibility index (Phi) is 3.36. The molecule has 2 aliphatic rings. The van der Waals surface area contributed by atoms with Crippen LogP contribution in [0.4, 0.5) is 5.69 Å². The van der Waals surface area contributed by atoms with E-state index >= 15 is 0 Å². The van der Waals surface area contributed by atoms with Crippen molar-refractivity contribution in [1.29, 1.82) is 0 Å². The fraction of sp³-hybridized carbons (Fsp3) is 0.200. The van der Waals surface area contributed by atoms with Crippen molar-refractivity contribution in [2.24, 2.45) is 0 Å². The summed E-state index contributed by atoms with van der Waals surface area (Å²) in [5.74, 6) is 1.57. The number of rotatable bonds is 2. The van der Waals surface area contributed by atoms with Gasteiger partial charge in [0.1, 0.15) is 11.6 Å². The van der Waals surface area contributed by atoms with Crippen LogP contribution in [0.3, 0.4) is 0 Å². The molecule has 0 N–H and O–H groups in total. The largest absolute Gasteiger partial charge is 0.493 e. The number of nitro benzene ring substituents is 1. The van der Waals surface area contributed by atoms with Gasteiger partial charge in [0.05, 0.1) is 22.4 Å². The summed E-state index contributed by atoms with van der Waals surface area (Å²) in [5.41, 5.74) is 3.39. The molecule has 7 nitrogen and oxygen atoms in total. The van der Waals surface area contributed by atoms with Gasteiger partial charge in [-0.15, -0.1) is 0 Å². The summed E-state index contributed by atoms with van der Waals surface area (Å²) >= 11 is 0. The molecule has 7 heteroatoms. The molecular formula is C20H15N3O4. The number of ether oxygens (including phenoxy) is 1. The van der Waals surface area contributed by atoms with Crippen LogP contribution in [0.2, 0.25) is 0 Å². The van der Waals surface area contributed by atoms with E-state index in [1.807, 2.05) is 12.1 Å². The van der Waals surface area contributed by atoms with Gasteiger partial charge in [0.2, 0.25) is 0 Å². The van der Waals surface area contributed by atoms with Crippen molar-refractivity contribution in [2.75, 3.05) is 6.61 Å². The summed E-state index contributed by atoms with van der Waals surface area (Å²) in [6, 6.07) is 10.3. The van der Waals surface area contributed by atoms with E-state index in [-0.39, 0.29) is 16.6 Å². The standard InChI is InChI=1S/C20H15N3O4/c24-20-16-11-15(23(25)26)2-3-17(16)21-19-14(5-7-22(19)20)10-12-1-4-18-13(9-12)6-8-27-18/h1-4,9-11H,5-8H2. The first-order chi connectivity index (χ1) is 13.1. The van der Waals surface area contributed by atoms with E-state index in [1.165, 1.54) is 17.7 Å². The van der Waals surface area contributed by atoms with Gasteiger partial charge in [-0.3, -0.25) is 19.5 Å². The van der Waals surface area contributed by atoms with Gasteiger partial charge in [0.15, 0.2) is 0 Å². The van der Waals surface area contributed by atoms with Crippen molar-refractivity contribution in [3.05, 3.63) is 73.8 Å². The van der Waals surface area contributed by atoms with Crippen molar-refractivity contribution >= 4 is 28.2 Å². The van der Waals surface area contributed by atoms with E-state index in [1.54, 1.807) is 10.6 Å². The molecule has 27 heavy (non-hydrogen) atoms. The van der Waals surface area contributed by atoms with Crippen LogP contribution in [0.15, 0.2) is 41.2 Å². The highest BCUT2D eigenvalue weighted by molar-refractivity contribution is 5.85. The van der Waals surface area contributed by atoms with Gasteiger partial charge >= 0.3 is 0 Å². The van der Waals surface area contributed by atoms with Crippen LogP contribution in [0.25, 0.3) is 22.6 Å². The number of nitro groups is 1. The predicted molar refractivity (Wildman–Crippen MR) is 101 cm³/mol. The molecule has 2 aromatic carbocycles. The van der Waals surface area contributed by atoms with E-state index < -0.39 is 4.92 Å². The maximum absolute atomic E-state index is 12.8. The molecule has 0 aliphatic carbocycles. The summed E-state index contributed by atoms with van der Waals surface area (Å²) in [7, 11) is 0. The number of non-ortho nitro benzene ring substituents is 1. The second kappa shape index (κ2) is 5.77. The molecule has 3 heterocycles. The van der Waals surface area contributed by atoms with E-state index in [0.29, 0.717) is 30.9 Å². The number of fused-ring (bicyclic) bond motifs is 3. The zero-order valence-corrected chi connectivity index (χ0v) is 14.3. The maximum Gasteiger partial charge on any atom is 0.270 e. The average molecular weight is 361 g/mol. The van der Waals surface area contributed by atoms with Gasteiger partial charge in [-0.25, -0.2) is 4.98 Å². The molecule has 0 radical (unpaired) electrons. The highest BCUT2D eigenvalue weighted by Gasteiger charge is 2.22. The Labute approximate surface area is 153 Å². The fourth-order valence-electron chi connectivity index (χ4n) is 3.75. The minimum atomic E-state index is -0.500. The van der Waals surface area contributed by atoms with E-state index in [2.05, 4.69) is 17.1 Å². The lowest BCUT2D eigenvalue weighted by molar-refractivity contribution is -0.384. The molecule has 1 aromatic heterocycles. The molecule has 0 saturated heterocycles. The Hall–Kier alpha value is -3.48. The van der Waals surface area contributed by atoms with Crippen molar-refractivity contribution in [2.45, 2.75) is 19.4 Å². The van der Waals surface area contributed by atoms with Gasteiger partial charge in [0.25, 0.3) is 11.2 Å². The number of benzene rings is 2. The van der Waals surface area contributed by atoms with Gasteiger partial charge in [-0.2, -0.15) is 0 Å². The highest BCUT2D eigenvalue weighted by Crippen LogP contribution is 2.31.